The van der Waals surface area contributed by atoms with Gasteiger partial charge >= 0.3 is 0 Å². The van der Waals surface area contributed by atoms with Crippen molar-refractivity contribution in [3.05, 3.63) is 29.3 Å². The lowest BCUT2D eigenvalue weighted by Gasteiger charge is -2.19. The highest BCUT2D eigenvalue weighted by molar-refractivity contribution is 5.94. The molecule has 1 aliphatic heterocycles. The van der Waals surface area contributed by atoms with Gasteiger partial charge in [0.05, 0.1) is 6.61 Å². The first kappa shape index (κ1) is 16.0. The number of nitrogens with one attached hydrogen (secondary N) is 1. The number of benzene rings is 1. The van der Waals surface area contributed by atoms with Crippen LogP contribution >= 0.6 is 0 Å². The fraction of sp³-hybridized carbons (Fsp3) is 0.588. The van der Waals surface area contributed by atoms with Crippen molar-refractivity contribution in [1.82, 2.24) is 10.2 Å². The Morgan fingerprint density at radius 2 is 2.29 bits per heavy atom. The summed E-state index contributed by atoms with van der Waals surface area (Å²) >= 11 is 0. The summed E-state index contributed by atoms with van der Waals surface area (Å²) in [5.74, 6) is 1.73. The molecule has 0 spiro atoms. The van der Waals surface area contributed by atoms with E-state index in [9.17, 15) is 4.79 Å². The summed E-state index contributed by atoms with van der Waals surface area (Å²) in [5, 5.41) is 3.25. The van der Waals surface area contributed by atoms with Gasteiger partial charge in [0.1, 0.15) is 5.75 Å². The highest BCUT2D eigenvalue weighted by atomic mass is 16.5. The summed E-state index contributed by atoms with van der Waals surface area (Å²) in [7, 11) is 2.01. The lowest BCUT2D eigenvalue weighted by molar-refractivity contribution is 0.101. The number of carbonyl (C=O) groups excluding carboxylic acids is 1. The van der Waals surface area contributed by atoms with E-state index in [0.717, 1.165) is 49.0 Å². The van der Waals surface area contributed by atoms with Crippen molar-refractivity contribution < 1.29 is 9.53 Å². The number of ketones is 1. The molecule has 0 aromatic heterocycles. The summed E-state index contributed by atoms with van der Waals surface area (Å²) < 4.78 is 5.71. The van der Waals surface area contributed by atoms with E-state index in [-0.39, 0.29) is 5.78 Å². The van der Waals surface area contributed by atoms with Crippen LogP contribution in [0.5, 0.6) is 5.75 Å². The Labute approximate surface area is 127 Å². The Bertz CT molecular complexity index is 488. The minimum atomic E-state index is 0.105. The van der Waals surface area contributed by atoms with Crippen molar-refractivity contribution in [2.75, 3.05) is 33.3 Å². The smallest absolute Gasteiger partial charge is 0.159 e. The van der Waals surface area contributed by atoms with Crippen molar-refractivity contribution in [1.29, 1.82) is 0 Å². The first-order valence-electron chi connectivity index (χ1n) is 7.77. The molecule has 1 unspecified atom stereocenters. The van der Waals surface area contributed by atoms with Gasteiger partial charge in [-0.2, -0.15) is 0 Å². The van der Waals surface area contributed by atoms with Gasteiger partial charge in [-0.3, -0.25) is 9.69 Å². The topological polar surface area (TPSA) is 41.6 Å². The van der Waals surface area contributed by atoms with Crippen LogP contribution in [0.25, 0.3) is 0 Å². The number of Topliss-reactive ketones (excluding diaryl/α,β-unsaturated/α-hetero) is 1. The first-order valence-corrected chi connectivity index (χ1v) is 7.77. The van der Waals surface area contributed by atoms with Gasteiger partial charge in [-0.1, -0.05) is 0 Å². The summed E-state index contributed by atoms with van der Waals surface area (Å²) in [6, 6.07) is 5.76. The summed E-state index contributed by atoms with van der Waals surface area (Å²) in [6.45, 7) is 8.40. The van der Waals surface area contributed by atoms with Gasteiger partial charge in [0.2, 0.25) is 0 Å². The maximum atomic E-state index is 11.6. The largest absolute Gasteiger partial charge is 0.494 e. The van der Waals surface area contributed by atoms with Crippen LogP contribution in [-0.4, -0.2) is 44.0 Å². The van der Waals surface area contributed by atoms with E-state index in [2.05, 4.69) is 10.2 Å². The first-order chi connectivity index (χ1) is 10.1. The molecule has 2 rings (SSSR count). The highest BCUT2D eigenvalue weighted by Crippen LogP contribution is 2.25. The molecule has 1 N–H and O–H groups in total. The molecule has 1 fully saturated rings. The van der Waals surface area contributed by atoms with Crippen molar-refractivity contribution in [3.8, 4) is 5.75 Å². The van der Waals surface area contributed by atoms with Crippen LogP contribution in [0.4, 0.5) is 0 Å². The highest BCUT2D eigenvalue weighted by Gasteiger charge is 2.22. The van der Waals surface area contributed by atoms with Crippen LogP contribution in [0, 0.1) is 5.92 Å². The maximum absolute atomic E-state index is 11.6. The minimum absolute atomic E-state index is 0.105. The molecule has 1 saturated heterocycles. The third-order valence-electron chi connectivity index (χ3n) is 4.02. The molecule has 1 aromatic rings. The number of likely N-dealkylation sites (tertiary alicyclic amines) is 1. The third-order valence-corrected chi connectivity index (χ3v) is 4.02. The van der Waals surface area contributed by atoms with Gasteiger partial charge in [-0.05, 0) is 64.5 Å². The quantitative estimate of drug-likeness (QED) is 0.783. The van der Waals surface area contributed by atoms with Gasteiger partial charge < -0.3 is 10.1 Å². The van der Waals surface area contributed by atoms with Gasteiger partial charge in [0, 0.05) is 24.2 Å². The van der Waals surface area contributed by atoms with Crippen molar-refractivity contribution in [2.24, 2.45) is 5.92 Å². The van der Waals surface area contributed by atoms with Crippen LogP contribution in [0.15, 0.2) is 18.2 Å². The van der Waals surface area contributed by atoms with E-state index in [0.29, 0.717) is 6.61 Å². The third kappa shape index (κ3) is 4.29. The van der Waals surface area contributed by atoms with Crippen molar-refractivity contribution in [2.45, 2.75) is 26.8 Å². The van der Waals surface area contributed by atoms with Gasteiger partial charge in [-0.15, -0.1) is 0 Å². The lowest BCUT2D eigenvalue weighted by Crippen LogP contribution is -2.24. The number of hydrogen-bond donors (Lipinski definition) is 1. The van der Waals surface area contributed by atoms with E-state index >= 15 is 0 Å². The monoisotopic (exact) mass is 290 g/mol. The fourth-order valence-corrected chi connectivity index (χ4v) is 2.97. The molecule has 1 aliphatic rings. The number of nitrogens with zero attached hydrogens (tertiary/aromatic N) is 1. The second kappa shape index (κ2) is 7.57. The molecule has 0 amide bonds. The Morgan fingerprint density at radius 3 is 2.95 bits per heavy atom. The normalized spacial score (nSPS) is 18.9. The average Bonchev–Trinajstić information content (AvgIpc) is 2.88. The Hall–Kier alpha value is -1.39. The number of rotatable bonds is 7. The minimum Gasteiger partial charge on any atom is -0.494 e. The molecule has 0 radical (unpaired) electrons. The zero-order valence-corrected chi connectivity index (χ0v) is 13.3. The zero-order valence-electron chi connectivity index (χ0n) is 13.3. The number of carbonyl (C=O) groups is 1. The van der Waals surface area contributed by atoms with Gasteiger partial charge in [0.15, 0.2) is 5.78 Å². The predicted molar refractivity (Wildman–Crippen MR) is 84.9 cm³/mol. The molecule has 0 bridgehead atoms. The zero-order chi connectivity index (χ0) is 15.2. The number of ether oxygens (including phenoxy) is 1. The van der Waals surface area contributed by atoms with E-state index in [4.69, 9.17) is 4.74 Å². The second-order valence-corrected chi connectivity index (χ2v) is 5.76. The van der Waals surface area contributed by atoms with Crippen LogP contribution in [-0.2, 0) is 6.54 Å². The molecule has 1 atom stereocenters. The van der Waals surface area contributed by atoms with Crippen LogP contribution in [0.1, 0.15) is 36.2 Å². The molecule has 1 heterocycles. The van der Waals surface area contributed by atoms with Crippen LogP contribution in [0.2, 0.25) is 0 Å². The SMILES string of the molecule is CCOc1ccc(C(C)=O)cc1CN1CCC(CNC)C1. The lowest BCUT2D eigenvalue weighted by atomic mass is 10.1. The van der Waals surface area contributed by atoms with Gasteiger partial charge in [0.25, 0.3) is 0 Å². The molecule has 0 aliphatic carbocycles. The van der Waals surface area contributed by atoms with Crippen molar-refractivity contribution in [3.63, 3.8) is 0 Å². The summed E-state index contributed by atoms with van der Waals surface area (Å²) in [6.07, 6.45) is 1.23. The van der Waals surface area contributed by atoms with E-state index in [1.807, 2.05) is 32.2 Å². The molecule has 0 saturated carbocycles. The van der Waals surface area contributed by atoms with Crippen LogP contribution < -0.4 is 10.1 Å². The molecule has 4 nitrogen and oxygen atoms in total. The van der Waals surface area contributed by atoms with E-state index < -0.39 is 0 Å². The molecular weight excluding hydrogens is 264 g/mol. The molecule has 4 heteroatoms. The van der Waals surface area contributed by atoms with Crippen LogP contribution in [0.3, 0.4) is 0 Å². The standard InChI is InChI=1S/C17H26N2O2/c1-4-21-17-6-5-15(13(2)20)9-16(17)12-19-8-7-14(11-19)10-18-3/h5-6,9,14,18H,4,7-8,10-12H2,1-3H3. The van der Waals surface area contributed by atoms with E-state index in [1.165, 1.54) is 6.42 Å². The second-order valence-electron chi connectivity index (χ2n) is 5.76. The fourth-order valence-electron chi connectivity index (χ4n) is 2.97. The van der Waals surface area contributed by atoms with E-state index in [1.54, 1.807) is 6.92 Å². The molecular formula is C17H26N2O2. The molecule has 116 valence electrons. The summed E-state index contributed by atoms with van der Waals surface area (Å²) in [5.41, 5.74) is 1.88. The van der Waals surface area contributed by atoms with Gasteiger partial charge in [-0.25, -0.2) is 0 Å². The average molecular weight is 290 g/mol. The van der Waals surface area contributed by atoms with Crippen molar-refractivity contribution >= 4 is 5.78 Å². The maximum Gasteiger partial charge on any atom is 0.159 e. The Kier molecular flexibility index (Phi) is 5.76. The Morgan fingerprint density at radius 1 is 1.48 bits per heavy atom. The number of hydrogen-bond acceptors (Lipinski definition) is 4. The predicted octanol–water partition coefficient (Wildman–Crippen LogP) is 2.33. The summed E-state index contributed by atoms with van der Waals surface area (Å²) in [4.78, 5) is 14.0. The Balaban J connectivity index is 2.10. The molecule has 21 heavy (non-hydrogen) atoms. The molecule has 1 aromatic carbocycles.